The van der Waals surface area contributed by atoms with E-state index in [4.69, 9.17) is 15.7 Å². The normalized spacial score (nSPS) is 14.9. The molecule has 1 saturated heterocycles. The molecule has 246 valence electrons. The number of rotatable bonds is 14. The van der Waals surface area contributed by atoms with Gasteiger partial charge in [0, 0.05) is 32.1 Å². The Kier molecular flexibility index (Phi) is 12.2. The fourth-order valence-corrected chi connectivity index (χ4v) is 7.51. The van der Waals surface area contributed by atoms with Crippen molar-refractivity contribution in [2.24, 2.45) is 22.7 Å². The summed E-state index contributed by atoms with van der Waals surface area (Å²) in [5.74, 6) is -0.298. The van der Waals surface area contributed by atoms with Crippen LogP contribution in [0.4, 0.5) is 0 Å². The molecule has 0 unspecified atom stereocenters. The van der Waals surface area contributed by atoms with Crippen molar-refractivity contribution in [2.45, 2.75) is 50.3 Å². The summed E-state index contributed by atoms with van der Waals surface area (Å²) in [5, 5.41) is 14.9. The van der Waals surface area contributed by atoms with Crippen molar-refractivity contribution >= 4 is 27.5 Å². The minimum absolute atomic E-state index is 0.0257. The highest BCUT2D eigenvalue weighted by molar-refractivity contribution is 7.91. The fourth-order valence-electron chi connectivity index (χ4n) is 5.93. The van der Waals surface area contributed by atoms with Crippen LogP contribution < -0.4 is 15.8 Å². The highest BCUT2D eigenvalue weighted by Crippen LogP contribution is 2.29. The summed E-state index contributed by atoms with van der Waals surface area (Å²) < 4.78 is 33.4. The molecule has 46 heavy (non-hydrogen) atoms. The van der Waals surface area contributed by atoms with E-state index >= 15 is 0 Å². The number of oxime groups is 1. The van der Waals surface area contributed by atoms with Crippen molar-refractivity contribution < 1.29 is 28.0 Å². The van der Waals surface area contributed by atoms with Crippen LogP contribution in [-0.2, 0) is 25.8 Å². The van der Waals surface area contributed by atoms with Crippen molar-refractivity contribution in [3.63, 3.8) is 0 Å². The van der Waals surface area contributed by atoms with E-state index in [2.05, 4.69) is 10.5 Å². The SMILES string of the molecule is CCOc1ccc(-c2cccc(S(=O)(=O)C[C@@H](Cc3cccc(/C(N)=N\O)c3)C(=O)N3CCC(CCCC(=O)NC)CC3)c2)cc1. The van der Waals surface area contributed by atoms with Gasteiger partial charge in [-0.05, 0) is 92.0 Å². The Balaban J connectivity index is 1.54. The molecule has 0 bridgehead atoms. The molecular weight excluding hydrogens is 604 g/mol. The summed E-state index contributed by atoms with van der Waals surface area (Å²) in [6, 6.07) is 21.2. The number of amides is 2. The van der Waals surface area contributed by atoms with Crippen molar-refractivity contribution in [3.05, 3.63) is 83.9 Å². The van der Waals surface area contributed by atoms with E-state index in [1.165, 1.54) is 0 Å². The van der Waals surface area contributed by atoms with Gasteiger partial charge < -0.3 is 25.9 Å². The van der Waals surface area contributed by atoms with Gasteiger partial charge in [0.05, 0.1) is 23.2 Å². The van der Waals surface area contributed by atoms with Crippen LogP contribution in [-0.4, -0.2) is 68.7 Å². The van der Waals surface area contributed by atoms with Gasteiger partial charge in [-0.25, -0.2) is 8.42 Å². The number of ether oxygens (including phenoxy) is 1. The van der Waals surface area contributed by atoms with Gasteiger partial charge in [0.15, 0.2) is 15.7 Å². The number of nitrogens with one attached hydrogen (secondary N) is 1. The van der Waals surface area contributed by atoms with E-state index in [0.717, 1.165) is 42.6 Å². The number of carbonyl (C=O) groups excluding carboxylic acids is 2. The average molecular weight is 649 g/mol. The molecule has 1 atom stereocenters. The third-order valence-corrected chi connectivity index (χ3v) is 10.3. The predicted molar refractivity (Wildman–Crippen MR) is 178 cm³/mol. The molecule has 0 aromatic heterocycles. The number of nitrogens with zero attached hydrogens (tertiary/aromatic N) is 2. The van der Waals surface area contributed by atoms with Crippen LogP contribution in [0.2, 0.25) is 0 Å². The molecule has 1 aliphatic rings. The topological polar surface area (TPSA) is 151 Å². The van der Waals surface area contributed by atoms with Crippen LogP contribution in [0.25, 0.3) is 11.1 Å². The van der Waals surface area contributed by atoms with E-state index in [0.29, 0.717) is 43.2 Å². The first-order chi connectivity index (χ1) is 22.1. The second kappa shape index (κ2) is 16.3. The maximum atomic E-state index is 14.0. The van der Waals surface area contributed by atoms with Crippen molar-refractivity contribution in [1.29, 1.82) is 0 Å². The number of hydrogen-bond donors (Lipinski definition) is 3. The number of carbonyl (C=O) groups is 2. The number of nitrogens with two attached hydrogens (primary N) is 1. The highest BCUT2D eigenvalue weighted by Gasteiger charge is 2.32. The first-order valence-corrected chi connectivity index (χ1v) is 17.4. The second-order valence-corrected chi connectivity index (χ2v) is 13.7. The smallest absolute Gasteiger partial charge is 0.227 e. The fraction of sp³-hybridized carbons (Fsp3) is 0.400. The maximum absolute atomic E-state index is 14.0. The Bertz CT molecular complexity index is 1620. The molecule has 0 spiro atoms. The van der Waals surface area contributed by atoms with E-state index in [1.807, 2.05) is 43.3 Å². The van der Waals surface area contributed by atoms with Gasteiger partial charge in [-0.1, -0.05) is 47.6 Å². The predicted octanol–water partition coefficient (Wildman–Crippen LogP) is 4.63. The number of amidine groups is 1. The van der Waals surface area contributed by atoms with E-state index in [9.17, 15) is 18.0 Å². The maximum Gasteiger partial charge on any atom is 0.227 e. The minimum Gasteiger partial charge on any atom is -0.494 e. The van der Waals surface area contributed by atoms with Crippen LogP contribution in [0.3, 0.4) is 0 Å². The minimum atomic E-state index is -3.87. The Labute approximate surface area is 271 Å². The van der Waals surface area contributed by atoms with Gasteiger partial charge in [-0.2, -0.15) is 0 Å². The first kappa shape index (κ1) is 34.5. The molecule has 3 aromatic rings. The van der Waals surface area contributed by atoms with Crippen molar-refractivity contribution in [1.82, 2.24) is 10.2 Å². The Morgan fingerprint density at radius 1 is 1.04 bits per heavy atom. The van der Waals surface area contributed by atoms with Gasteiger partial charge >= 0.3 is 0 Å². The zero-order valence-corrected chi connectivity index (χ0v) is 27.3. The number of likely N-dealkylation sites (tertiary alicyclic amines) is 1. The van der Waals surface area contributed by atoms with E-state index in [-0.39, 0.29) is 34.7 Å². The Hall–Kier alpha value is -4.38. The summed E-state index contributed by atoms with van der Waals surface area (Å²) >= 11 is 0. The van der Waals surface area contributed by atoms with Gasteiger partial charge in [-0.15, -0.1) is 0 Å². The largest absolute Gasteiger partial charge is 0.494 e. The molecule has 11 heteroatoms. The Morgan fingerprint density at radius 3 is 2.43 bits per heavy atom. The summed E-state index contributed by atoms with van der Waals surface area (Å²) in [6.07, 6.45) is 3.99. The molecule has 10 nitrogen and oxygen atoms in total. The molecular formula is C35H44N4O6S. The number of benzene rings is 3. The van der Waals surface area contributed by atoms with Crippen LogP contribution in [0, 0.1) is 11.8 Å². The van der Waals surface area contributed by atoms with Crippen molar-refractivity contribution in [3.8, 4) is 16.9 Å². The molecule has 4 rings (SSSR count). The standard InChI is InChI=1S/C35H44N4O6S/c1-3-45-31-15-13-27(14-16-31)28-9-6-11-32(23-28)46(43,44)24-30(22-26-8-4-10-29(21-26)34(36)38-42)35(41)39-19-17-25(18-20-39)7-5-12-33(40)37-2/h4,6,8-11,13-16,21,23,25,30,42H,3,5,7,12,17-20,22,24H2,1-2H3,(H2,36,38)(H,37,40)/t30-/m1/s1. The lowest BCUT2D eigenvalue weighted by Crippen LogP contribution is -2.44. The quantitative estimate of drug-likeness (QED) is 0.0998. The number of sulfone groups is 1. The summed E-state index contributed by atoms with van der Waals surface area (Å²) in [4.78, 5) is 27.5. The van der Waals surface area contributed by atoms with Gasteiger partial charge in [0.1, 0.15) is 5.75 Å². The lowest BCUT2D eigenvalue weighted by atomic mass is 9.90. The van der Waals surface area contributed by atoms with Crippen molar-refractivity contribution in [2.75, 3.05) is 32.5 Å². The van der Waals surface area contributed by atoms with Crippen LogP contribution in [0.5, 0.6) is 5.75 Å². The monoisotopic (exact) mass is 648 g/mol. The van der Waals surface area contributed by atoms with Crippen LogP contribution in [0.1, 0.15) is 50.2 Å². The molecule has 3 aromatic carbocycles. The van der Waals surface area contributed by atoms with Crippen LogP contribution >= 0.6 is 0 Å². The molecule has 0 aliphatic carbocycles. The number of hydrogen-bond acceptors (Lipinski definition) is 7. The highest BCUT2D eigenvalue weighted by atomic mass is 32.2. The van der Waals surface area contributed by atoms with Crippen LogP contribution in [0.15, 0.2) is 82.8 Å². The zero-order valence-electron chi connectivity index (χ0n) is 26.5. The zero-order chi connectivity index (χ0) is 33.1. The first-order valence-electron chi connectivity index (χ1n) is 15.8. The molecule has 1 heterocycles. The lowest BCUT2D eigenvalue weighted by molar-refractivity contribution is -0.136. The molecule has 0 saturated carbocycles. The molecule has 1 aliphatic heterocycles. The summed E-state index contributed by atoms with van der Waals surface area (Å²) in [6.45, 7) is 3.54. The van der Waals surface area contributed by atoms with Gasteiger partial charge in [0.25, 0.3) is 0 Å². The molecule has 1 fully saturated rings. The summed E-state index contributed by atoms with van der Waals surface area (Å²) in [7, 11) is -2.24. The second-order valence-electron chi connectivity index (χ2n) is 11.7. The number of piperidine rings is 1. The lowest BCUT2D eigenvalue weighted by Gasteiger charge is -2.34. The van der Waals surface area contributed by atoms with E-state index < -0.39 is 15.8 Å². The van der Waals surface area contributed by atoms with Gasteiger partial charge in [-0.3, -0.25) is 9.59 Å². The average Bonchev–Trinajstić information content (AvgIpc) is 3.08. The van der Waals surface area contributed by atoms with E-state index in [1.54, 1.807) is 48.3 Å². The molecule has 2 amide bonds. The van der Waals surface area contributed by atoms with Gasteiger partial charge in [0.2, 0.25) is 11.8 Å². The third-order valence-electron chi connectivity index (χ3n) is 8.50. The Morgan fingerprint density at radius 2 is 1.76 bits per heavy atom. The molecule has 0 radical (unpaired) electrons. The summed E-state index contributed by atoms with van der Waals surface area (Å²) in [5.41, 5.74) is 8.60. The third kappa shape index (κ3) is 9.32. The molecule has 4 N–H and O–H groups in total.